The van der Waals surface area contributed by atoms with Crippen molar-refractivity contribution in [1.82, 2.24) is 4.98 Å². The van der Waals surface area contributed by atoms with Gasteiger partial charge in [0.25, 0.3) is 0 Å². The molecular weight excluding hydrogens is 345 g/mol. The molecule has 114 valence electrons. The van der Waals surface area contributed by atoms with Crippen LogP contribution in [-0.4, -0.2) is 40.1 Å². The van der Waals surface area contributed by atoms with Gasteiger partial charge in [-0.05, 0) is 0 Å². The molecule has 1 aromatic carbocycles. The number of nitrogens with zero attached hydrogens (tertiary/aromatic N) is 1. The summed E-state index contributed by atoms with van der Waals surface area (Å²) in [5.41, 5.74) is 1.83. The minimum absolute atomic E-state index is 0.272. The average Bonchev–Trinajstić information content (AvgIpc) is 2.58. The molecule has 0 bridgehead atoms. The molecule has 0 aliphatic carbocycles. The number of benzene rings is 1. The van der Waals surface area contributed by atoms with Crippen molar-refractivity contribution >= 4 is 31.5 Å². The second-order valence-electron chi connectivity index (χ2n) is 4.35. The van der Waals surface area contributed by atoms with Crippen molar-refractivity contribution in [2.24, 2.45) is 0 Å². The standard InChI is InChI=1S/C17H17NO3Se/c1-20-16-10-8-13(9-11-17(19)21-2)15(18-16)12-22-14-6-4-3-5-7-14/h3-11H,12H2,1-2H3/b11-9+. The first-order valence-corrected chi connectivity index (χ1v) is 8.77. The first-order chi connectivity index (χ1) is 10.7. The number of esters is 1. The molecule has 4 nitrogen and oxygen atoms in total. The Morgan fingerprint density at radius 3 is 2.64 bits per heavy atom. The van der Waals surface area contributed by atoms with Crippen molar-refractivity contribution in [3.63, 3.8) is 0 Å². The van der Waals surface area contributed by atoms with Crippen LogP contribution in [0.1, 0.15) is 11.3 Å². The number of carbonyl (C=O) groups excluding carboxylic acids is 1. The molecule has 0 aliphatic rings. The third-order valence-corrected chi connectivity index (χ3v) is 5.06. The molecule has 0 fully saturated rings. The molecule has 1 heterocycles. The van der Waals surface area contributed by atoms with E-state index in [4.69, 9.17) is 4.74 Å². The van der Waals surface area contributed by atoms with Gasteiger partial charge in [-0.2, -0.15) is 0 Å². The summed E-state index contributed by atoms with van der Waals surface area (Å²) in [5.74, 6) is 0.199. The molecule has 0 N–H and O–H groups in total. The predicted molar refractivity (Wildman–Crippen MR) is 87.4 cm³/mol. The van der Waals surface area contributed by atoms with Gasteiger partial charge in [0.15, 0.2) is 0 Å². The Bertz CT molecular complexity index is 656. The van der Waals surface area contributed by atoms with E-state index >= 15 is 0 Å². The van der Waals surface area contributed by atoms with E-state index in [0.29, 0.717) is 5.88 Å². The molecule has 0 unspecified atom stereocenters. The van der Waals surface area contributed by atoms with Gasteiger partial charge in [-0.15, -0.1) is 0 Å². The van der Waals surface area contributed by atoms with Crippen LogP contribution in [0.2, 0.25) is 0 Å². The summed E-state index contributed by atoms with van der Waals surface area (Å²) in [6.07, 6.45) is 3.14. The molecule has 5 heteroatoms. The van der Waals surface area contributed by atoms with Crippen molar-refractivity contribution in [3.05, 3.63) is 59.8 Å². The number of hydrogen-bond acceptors (Lipinski definition) is 4. The molecule has 0 saturated carbocycles. The summed E-state index contributed by atoms with van der Waals surface area (Å²) in [5, 5.41) is 0.828. The molecule has 0 atom stereocenters. The third-order valence-electron chi connectivity index (χ3n) is 2.91. The fourth-order valence-electron chi connectivity index (χ4n) is 1.77. The first kappa shape index (κ1) is 16.3. The third kappa shape index (κ3) is 4.72. The van der Waals surface area contributed by atoms with Crippen LogP contribution in [0.5, 0.6) is 5.88 Å². The summed E-state index contributed by atoms with van der Waals surface area (Å²) in [4.78, 5) is 15.7. The maximum absolute atomic E-state index is 11.2. The zero-order valence-corrected chi connectivity index (χ0v) is 14.2. The van der Waals surface area contributed by atoms with Gasteiger partial charge in [0.2, 0.25) is 0 Å². The van der Waals surface area contributed by atoms with E-state index < -0.39 is 0 Å². The monoisotopic (exact) mass is 363 g/mol. The molecule has 1 aromatic heterocycles. The van der Waals surface area contributed by atoms with E-state index in [0.717, 1.165) is 16.6 Å². The molecule has 0 saturated heterocycles. The maximum atomic E-state index is 11.2. The van der Waals surface area contributed by atoms with E-state index in [2.05, 4.69) is 21.9 Å². The van der Waals surface area contributed by atoms with Gasteiger partial charge in [-0.25, -0.2) is 0 Å². The van der Waals surface area contributed by atoms with E-state index in [1.807, 2.05) is 24.3 Å². The molecule has 0 radical (unpaired) electrons. The van der Waals surface area contributed by atoms with Crippen LogP contribution in [0.15, 0.2) is 48.5 Å². The van der Waals surface area contributed by atoms with Gasteiger partial charge in [0.05, 0.1) is 0 Å². The van der Waals surface area contributed by atoms with E-state index in [9.17, 15) is 4.79 Å². The number of hydrogen-bond donors (Lipinski definition) is 0. The summed E-state index contributed by atoms with van der Waals surface area (Å²) < 4.78 is 11.1. The van der Waals surface area contributed by atoms with Crippen LogP contribution in [0.3, 0.4) is 0 Å². The SMILES string of the molecule is COC(=O)/C=C/c1ccc(OC)nc1C[Se]c1ccccc1. The average molecular weight is 362 g/mol. The molecule has 0 spiro atoms. The van der Waals surface area contributed by atoms with Gasteiger partial charge in [0, 0.05) is 0 Å². The Balaban J connectivity index is 2.19. The summed E-state index contributed by atoms with van der Waals surface area (Å²) >= 11 is 0.272. The van der Waals surface area contributed by atoms with Gasteiger partial charge in [-0.3, -0.25) is 0 Å². The van der Waals surface area contributed by atoms with Crippen molar-refractivity contribution < 1.29 is 14.3 Å². The topological polar surface area (TPSA) is 48.4 Å². The molecular formula is C17H17NO3Se. The molecule has 2 rings (SSSR count). The number of carbonyl (C=O) groups is 1. The van der Waals surface area contributed by atoms with Gasteiger partial charge in [0.1, 0.15) is 0 Å². The van der Waals surface area contributed by atoms with E-state index in [-0.39, 0.29) is 20.9 Å². The molecule has 0 amide bonds. The number of pyridine rings is 1. The quantitative estimate of drug-likeness (QED) is 0.447. The Morgan fingerprint density at radius 1 is 1.18 bits per heavy atom. The summed E-state index contributed by atoms with van der Waals surface area (Å²) in [7, 11) is 2.96. The van der Waals surface area contributed by atoms with Crippen molar-refractivity contribution in [2.45, 2.75) is 5.32 Å². The van der Waals surface area contributed by atoms with Crippen LogP contribution >= 0.6 is 0 Å². The Kier molecular flexibility index (Phi) is 6.19. The zero-order chi connectivity index (χ0) is 15.8. The Morgan fingerprint density at radius 2 is 1.95 bits per heavy atom. The van der Waals surface area contributed by atoms with Crippen LogP contribution < -0.4 is 9.20 Å². The summed E-state index contributed by atoms with van der Waals surface area (Å²) in [6.45, 7) is 0. The number of aromatic nitrogens is 1. The predicted octanol–water partition coefficient (Wildman–Crippen LogP) is 1.81. The fraction of sp³-hybridized carbons (Fsp3) is 0.176. The van der Waals surface area contributed by atoms with Gasteiger partial charge < -0.3 is 0 Å². The molecule has 2 aromatic rings. The second-order valence-corrected chi connectivity index (χ2v) is 6.55. The van der Waals surface area contributed by atoms with Crippen LogP contribution in [0.4, 0.5) is 0 Å². The van der Waals surface area contributed by atoms with Crippen molar-refractivity contribution in [3.8, 4) is 5.88 Å². The molecule has 22 heavy (non-hydrogen) atoms. The Hall–Kier alpha value is -2.10. The zero-order valence-electron chi connectivity index (χ0n) is 12.5. The number of methoxy groups -OCH3 is 2. The number of rotatable bonds is 6. The Labute approximate surface area is 136 Å². The van der Waals surface area contributed by atoms with Gasteiger partial charge >= 0.3 is 136 Å². The van der Waals surface area contributed by atoms with Crippen molar-refractivity contribution in [2.75, 3.05) is 14.2 Å². The van der Waals surface area contributed by atoms with Crippen LogP contribution in [-0.2, 0) is 14.9 Å². The second kappa shape index (κ2) is 8.37. The first-order valence-electron chi connectivity index (χ1n) is 6.70. The van der Waals surface area contributed by atoms with E-state index in [1.165, 1.54) is 17.6 Å². The van der Waals surface area contributed by atoms with Crippen molar-refractivity contribution in [1.29, 1.82) is 0 Å². The molecule has 0 aliphatic heterocycles. The fourth-order valence-corrected chi connectivity index (χ4v) is 3.62. The summed E-state index contributed by atoms with van der Waals surface area (Å²) in [6, 6.07) is 14.0. The van der Waals surface area contributed by atoms with E-state index in [1.54, 1.807) is 19.3 Å². The van der Waals surface area contributed by atoms with Crippen LogP contribution in [0, 0.1) is 0 Å². The normalized spacial score (nSPS) is 10.6. The van der Waals surface area contributed by atoms with Crippen LogP contribution in [0.25, 0.3) is 6.08 Å². The van der Waals surface area contributed by atoms with Gasteiger partial charge in [-0.1, -0.05) is 0 Å². The minimum atomic E-state index is -0.379. The number of ether oxygens (including phenoxy) is 2.